The summed E-state index contributed by atoms with van der Waals surface area (Å²) in [6.45, 7) is 1.61. The molecule has 7 nitrogen and oxygen atoms in total. The first-order valence-electron chi connectivity index (χ1n) is 8.12. The van der Waals surface area contributed by atoms with Gasteiger partial charge >= 0.3 is 5.97 Å². The number of anilines is 1. The third kappa shape index (κ3) is 3.63. The summed E-state index contributed by atoms with van der Waals surface area (Å²) in [6, 6.07) is 11.0. The summed E-state index contributed by atoms with van der Waals surface area (Å²) in [5.41, 5.74) is 6.54. The van der Waals surface area contributed by atoms with Crippen molar-refractivity contribution in [1.82, 2.24) is 0 Å². The van der Waals surface area contributed by atoms with E-state index in [-0.39, 0.29) is 22.0 Å². The summed E-state index contributed by atoms with van der Waals surface area (Å²) < 4.78 is 32.5. The van der Waals surface area contributed by atoms with Crippen molar-refractivity contribution in [2.75, 3.05) is 10.8 Å². The smallest absolute Gasteiger partial charge is 0.338 e. The average molecular weight is 409 g/mol. The number of halogens is 1. The molecule has 27 heavy (non-hydrogen) atoms. The van der Waals surface area contributed by atoms with E-state index in [2.05, 4.69) is 0 Å². The van der Waals surface area contributed by atoms with E-state index in [4.69, 9.17) is 22.1 Å². The summed E-state index contributed by atoms with van der Waals surface area (Å²) >= 11 is 6.12. The Balaban J connectivity index is 1.97. The van der Waals surface area contributed by atoms with Crippen LogP contribution in [-0.2, 0) is 26.0 Å². The highest BCUT2D eigenvalue weighted by Gasteiger charge is 2.32. The molecule has 0 bridgehead atoms. The number of nitrogens with zero attached hydrogens (tertiary/aromatic N) is 1. The predicted molar refractivity (Wildman–Crippen MR) is 100 cm³/mol. The standard InChI is InChI=1S/C18H17ClN2O5S/c1-11(17(20)22)26-18(23)13-6-7-14(19)16(10-13)27(24,25)21-9-8-12-4-2-3-5-15(12)21/h2-7,10-11H,8-9H2,1H3,(H2,20,22). The Hall–Kier alpha value is -2.58. The molecular weight excluding hydrogens is 392 g/mol. The Labute approximate surface area is 161 Å². The number of esters is 1. The van der Waals surface area contributed by atoms with Crippen molar-refractivity contribution < 1.29 is 22.7 Å². The van der Waals surface area contributed by atoms with Crippen LogP contribution in [0.3, 0.4) is 0 Å². The van der Waals surface area contributed by atoms with Crippen LogP contribution >= 0.6 is 11.6 Å². The molecule has 0 aliphatic carbocycles. The maximum Gasteiger partial charge on any atom is 0.338 e. The molecule has 1 unspecified atom stereocenters. The molecule has 1 aliphatic heterocycles. The van der Waals surface area contributed by atoms with Crippen LogP contribution in [0.1, 0.15) is 22.8 Å². The maximum absolute atomic E-state index is 13.1. The van der Waals surface area contributed by atoms with Crippen LogP contribution in [0, 0.1) is 0 Å². The van der Waals surface area contributed by atoms with Gasteiger partial charge in [-0.05, 0) is 43.2 Å². The highest BCUT2D eigenvalue weighted by molar-refractivity contribution is 7.93. The number of ether oxygens (including phenoxy) is 1. The molecule has 3 rings (SSSR count). The van der Waals surface area contributed by atoms with Crippen molar-refractivity contribution in [3.63, 3.8) is 0 Å². The van der Waals surface area contributed by atoms with Crippen LogP contribution in [0.2, 0.25) is 5.02 Å². The minimum atomic E-state index is -3.98. The maximum atomic E-state index is 13.1. The van der Waals surface area contributed by atoms with E-state index in [0.717, 1.165) is 11.6 Å². The van der Waals surface area contributed by atoms with E-state index in [9.17, 15) is 18.0 Å². The Bertz CT molecular complexity index is 1020. The first-order chi connectivity index (χ1) is 12.7. The summed E-state index contributed by atoms with van der Waals surface area (Å²) in [5.74, 6) is -1.67. The van der Waals surface area contributed by atoms with Crippen LogP contribution < -0.4 is 10.0 Å². The molecule has 0 aromatic heterocycles. The normalized spacial score (nSPS) is 14.5. The fraction of sp³-hybridized carbons (Fsp3) is 0.222. The van der Waals surface area contributed by atoms with Gasteiger partial charge in [0.05, 0.1) is 16.3 Å². The predicted octanol–water partition coefficient (Wildman–Crippen LogP) is 2.12. The molecule has 0 saturated heterocycles. The van der Waals surface area contributed by atoms with Crippen LogP contribution in [0.4, 0.5) is 5.69 Å². The van der Waals surface area contributed by atoms with Crippen molar-refractivity contribution in [1.29, 1.82) is 0 Å². The third-order valence-electron chi connectivity index (χ3n) is 4.26. The lowest BCUT2D eigenvalue weighted by Gasteiger charge is -2.20. The van der Waals surface area contributed by atoms with Crippen molar-refractivity contribution in [3.8, 4) is 0 Å². The minimum absolute atomic E-state index is 0.0149. The van der Waals surface area contributed by atoms with Gasteiger partial charge in [0.1, 0.15) is 4.90 Å². The fourth-order valence-electron chi connectivity index (χ4n) is 2.79. The van der Waals surface area contributed by atoms with Gasteiger partial charge in [-0.25, -0.2) is 13.2 Å². The summed E-state index contributed by atoms with van der Waals surface area (Å²) in [6.07, 6.45) is -0.552. The van der Waals surface area contributed by atoms with Gasteiger partial charge in [-0.15, -0.1) is 0 Å². The van der Waals surface area contributed by atoms with Crippen LogP contribution in [0.15, 0.2) is 47.4 Å². The number of carbonyl (C=O) groups excluding carboxylic acids is 2. The van der Waals surface area contributed by atoms with E-state index >= 15 is 0 Å². The quantitative estimate of drug-likeness (QED) is 0.762. The lowest BCUT2D eigenvalue weighted by Crippen LogP contribution is -2.31. The summed E-state index contributed by atoms with van der Waals surface area (Å²) in [5, 5.41) is -0.0149. The first kappa shape index (κ1) is 19.2. The summed E-state index contributed by atoms with van der Waals surface area (Å²) in [7, 11) is -3.98. The Kier molecular flexibility index (Phi) is 5.12. The molecule has 0 saturated carbocycles. The van der Waals surface area contributed by atoms with Gasteiger partial charge in [-0.2, -0.15) is 0 Å². The van der Waals surface area contributed by atoms with Gasteiger partial charge < -0.3 is 10.5 Å². The zero-order valence-electron chi connectivity index (χ0n) is 14.4. The van der Waals surface area contributed by atoms with Crippen molar-refractivity contribution in [3.05, 3.63) is 58.6 Å². The number of amides is 1. The SMILES string of the molecule is CC(OC(=O)c1ccc(Cl)c(S(=O)(=O)N2CCc3ccccc32)c1)C(N)=O. The van der Waals surface area contributed by atoms with Crippen LogP contribution in [-0.4, -0.2) is 32.9 Å². The molecule has 2 aromatic rings. The Morgan fingerprint density at radius 2 is 1.93 bits per heavy atom. The molecule has 0 spiro atoms. The molecule has 0 fully saturated rings. The molecule has 2 N–H and O–H groups in total. The second-order valence-corrected chi connectivity index (χ2v) is 8.29. The van der Waals surface area contributed by atoms with Crippen LogP contribution in [0.25, 0.3) is 0 Å². The van der Waals surface area contributed by atoms with E-state index in [1.54, 1.807) is 12.1 Å². The number of primary amides is 1. The molecular formula is C18H17ClN2O5S. The van der Waals surface area contributed by atoms with Gasteiger partial charge in [0.2, 0.25) is 0 Å². The first-order valence-corrected chi connectivity index (χ1v) is 9.94. The highest BCUT2D eigenvalue weighted by atomic mass is 35.5. The fourth-order valence-corrected chi connectivity index (χ4v) is 4.80. The van der Waals surface area contributed by atoms with Gasteiger partial charge in [-0.1, -0.05) is 29.8 Å². The molecule has 2 aromatic carbocycles. The van der Waals surface area contributed by atoms with Crippen molar-refractivity contribution in [2.45, 2.75) is 24.3 Å². The van der Waals surface area contributed by atoms with E-state index < -0.39 is 28.0 Å². The van der Waals surface area contributed by atoms with Crippen LogP contribution in [0.5, 0.6) is 0 Å². The lowest BCUT2D eigenvalue weighted by atomic mass is 10.2. The third-order valence-corrected chi connectivity index (χ3v) is 6.56. The Morgan fingerprint density at radius 3 is 2.63 bits per heavy atom. The number of para-hydroxylation sites is 1. The largest absolute Gasteiger partial charge is 0.449 e. The molecule has 1 aliphatic rings. The number of fused-ring (bicyclic) bond motifs is 1. The number of rotatable bonds is 5. The Morgan fingerprint density at radius 1 is 1.22 bits per heavy atom. The number of benzene rings is 2. The zero-order chi connectivity index (χ0) is 19.8. The number of hydrogen-bond donors (Lipinski definition) is 1. The summed E-state index contributed by atoms with van der Waals surface area (Å²) in [4.78, 5) is 23.0. The molecule has 142 valence electrons. The molecule has 1 atom stereocenters. The average Bonchev–Trinajstić information content (AvgIpc) is 3.06. The highest BCUT2D eigenvalue weighted by Crippen LogP contribution is 2.35. The van der Waals surface area contributed by atoms with Gasteiger partial charge in [-0.3, -0.25) is 9.10 Å². The number of hydrogen-bond acceptors (Lipinski definition) is 5. The monoisotopic (exact) mass is 408 g/mol. The molecule has 1 amide bonds. The molecule has 9 heteroatoms. The number of sulfonamides is 1. The molecule has 0 radical (unpaired) electrons. The second-order valence-electron chi connectivity index (χ2n) is 6.05. The van der Waals surface area contributed by atoms with E-state index in [1.165, 1.54) is 23.4 Å². The van der Waals surface area contributed by atoms with E-state index in [1.807, 2.05) is 12.1 Å². The lowest BCUT2D eigenvalue weighted by molar-refractivity contribution is -0.125. The zero-order valence-corrected chi connectivity index (χ0v) is 16.0. The van der Waals surface area contributed by atoms with Gasteiger partial charge in [0.25, 0.3) is 15.9 Å². The topological polar surface area (TPSA) is 107 Å². The number of carbonyl (C=O) groups is 2. The van der Waals surface area contributed by atoms with Gasteiger partial charge in [0.15, 0.2) is 6.10 Å². The second kappa shape index (κ2) is 7.21. The molecule has 1 heterocycles. The van der Waals surface area contributed by atoms with Gasteiger partial charge in [0, 0.05) is 6.54 Å². The number of nitrogens with two attached hydrogens (primary N) is 1. The van der Waals surface area contributed by atoms with Crippen molar-refractivity contribution >= 4 is 39.2 Å². The van der Waals surface area contributed by atoms with Crippen molar-refractivity contribution in [2.24, 2.45) is 5.73 Å². The van der Waals surface area contributed by atoms with E-state index in [0.29, 0.717) is 12.1 Å². The minimum Gasteiger partial charge on any atom is -0.449 e.